The van der Waals surface area contributed by atoms with Gasteiger partial charge in [0.25, 0.3) is 0 Å². The van der Waals surface area contributed by atoms with Gasteiger partial charge in [-0.25, -0.2) is 9.59 Å². The van der Waals surface area contributed by atoms with Gasteiger partial charge in [-0.3, -0.25) is 4.79 Å². The fraction of sp³-hybridized carbons (Fsp3) is 0.541. The molecule has 1 amide bonds. The first-order chi connectivity index (χ1) is 21.9. The maximum Gasteiger partial charge on any atom is 0.397 e. The highest BCUT2D eigenvalue weighted by Gasteiger charge is 2.67. The molecule has 4 aliphatic rings. The standard InChI is InChI=1S/C37H45NO8/c1-19-16-28-27-14-13-25-17-29(44-5)35(41)46-33(20(2)15-21(3)37(25,43)31(27)30(28)32(19)39)22(4)45-36(42)34(40)38-18-24-11-8-10-23-9-6-7-12-26(23)24/h6-15,19-20,22,25,27-33,39,43H,16-18H2,1-5H3,(H,38,40)/b21-15+/t19-,20+,22+,25?,27?,28-,29-,30?,31?,32+,33-,37-/m0/s1. The number of aliphatic hydroxyl groups is 2. The lowest BCUT2D eigenvalue weighted by Crippen LogP contribution is -2.64. The minimum Gasteiger partial charge on any atom is -0.456 e. The minimum absolute atomic E-state index is 0.0324. The van der Waals surface area contributed by atoms with Crippen molar-refractivity contribution >= 4 is 28.6 Å². The number of amides is 1. The molecule has 2 saturated carbocycles. The molecule has 1 aliphatic heterocycles. The van der Waals surface area contributed by atoms with Crippen molar-refractivity contribution in [3.05, 3.63) is 71.8 Å². The zero-order chi connectivity index (χ0) is 32.9. The number of aliphatic hydroxyl groups excluding tert-OH is 1. The van der Waals surface area contributed by atoms with E-state index in [1.807, 2.05) is 68.5 Å². The summed E-state index contributed by atoms with van der Waals surface area (Å²) >= 11 is 0. The number of ether oxygens (including phenoxy) is 3. The number of fused-ring (bicyclic) bond motifs is 7. The molecule has 12 atom stereocenters. The van der Waals surface area contributed by atoms with Crippen LogP contribution in [0.1, 0.15) is 46.1 Å². The Kier molecular flexibility index (Phi) is 8.87. The maximum absolute atomic E-state index is 13.5. The van der Waals surface area contributed by atoms with Gasteiger partial charge in [0.1, 0.15) is 12.2 Å². The SMILES string of the molecule is CO[C@H]1CC2C=CC3C(C4[C@H]3C[C@H](C)[C@H]4O)[C@]2(O)/C(C)=C/[C@@H](C)[C@@H]([C@@H](C)OC(=O)C(=O)NCc2cccc3ccccc23)OC1=O. The zero-order valence-electron chi connectivity index (χ0n) is 27.1. The molecule has 46 heavy (non-hydrogen) atoms. The van der Waals surface area contributed by atoms with Crippen molar-refractivity contribution < 1.29 is 38.8 Å². The van der Waals surface area contributed by atoms with Crippen molar-refractivity contribution in [1.29, 1.82) is 0 Å². The molecule has 9 nitrogen and oxygen atoms in total. The number of benzene rings is 2. The van der Waals surface area contributed by atoms with E-state index < -0.39 is 59.7 Å². The molecule has 2 fully saturated rings. The lowest BCUT2D eigenvalue weighted by atomic mass is 9.46. The van der Waals surface area contributed by atoms with Gasteiger partial charge in [0.15, 0.2) is 6.10 Å². The molecule has 246 valence electrons. The first kappa shape index (κ1) is 32.4. The molecule has 0 spiro atoms. The van der Waals surface area contributed by atoms with Crippen LogP contribution in [0.15, 0.2) is 66.3 Å². The second kappa shape index (κ2) is 12.6. The van der Waals surface area contributed by atoms with Crippen LogP contribution in [0.5, 0.6) is 0 Å². The summed E-state index contributed by atoms with van der Waals surface area (Å²) in [6.07, 6.45) is 3.76. The number of nitrogens with one attached hydrogen (secondary N) is 1. The number of hydrogen-bond donors (Lipinski definition) is 3. The fourth-order valence-corrected chi connectivity index (χ4v) is 8.91. The van der Waals surface area contributed by atoms with Crippen LogP contribution in [-0.4, -0.2) is 65.2 Å². The highest BCUT2D eigenvalue weighted by Crippen LogP contribution is 2.65. The Morgan fingerprint density at radius 2 is 1.85 bits per heavy atom. The van der Waals surface area contributed by atoms with Crippen LogP contribution in [0, 0.1) is 41.4 Å². The van der Waals surface area contributed by atoms with E-state index in [0.29, 0.717) is 5.92 Å². The smallest absolute Gasteiger partial charge is 0.397 e. The third kappa shape index (κ3) is 5.46. The van der Waals surface area contributed by atoms with Crippen LogP contribution in [-0.2, 0) is 35.1 Å². The van der Waals surface area contributed by atoms with E-state index in [9.17, 15) is 24.6 Å². The number of hydrogen-bond acceptors (Lipinski definition) is 8. The molecular formula is C37H45NO8. The van der Waals surface area contributed by atoms with Crippen molar-refractivity contribution in [2.45, 2.75) is 77.1 Å². The normalized spacial score (nSPS) is 38.6. The summed E-state index contributed by atoms with van der Waals surface area (Å²) in [5, 5.41) is 28.4. The van der Waals surface area contributed by atoms with Crippen LogP contribution in [0.2, 0.25) is 0 Å². The molecule has 9 heteroatoms. The lowest BCUT2D eigenvalue weighted by Gasteiger charge is -2.60. The molecule has 3 aliphatic carbocycles. The predicted molar refractivity (Wildman–Crippen MR) is 171 cm³/mol. The number of carbonyl (C=O) groups excluding carboxylic acids is 3. The first-order valence-electron chi connectivity index (χ1n) is 16.4. The average Bonchev–Trinajstić information content (AvgIpc) is 3.27. The summed E-state index contributed by atoms with van der Waals surface area (Å²) in [5.74, 6) is -3.13. The van der Waals surface area contributed by atoms with E-state index in [1.54, 1.807) is 6.92 Å². The van der Waals surface area contributed by atoms with E-state index >= 15 is 0 Å². The molecule has 4 unspecified atom stereocenters. The summed E-state index contributed by atoms with van der Waals surface area (Å²) in [6.45, 7) is 7.51. The molecule has 0 radical (unpaired) electrons. The van der Waals surface area contributed by atoms with Crippen LogP contribution in [0.25, 0.3) is 10.8 Å². The Morgan fingerprint density at radius 1 is 1.11 bits per heavy atom. The van der Waals surface area contributed by atoms with Gasteiger partial charge < -0.3 is 29.7 Å². The molecule has 0 bridgehead atoms. The molecule has 1 heterocycles. The molecule has 3 N–H and O–H groups in total. The van der Waals surface area contributed by atoms with Gasteiger partial charge in [0, 0.05) is 31.4 Å². The highest BCUT2D eigenvalue weighted by molar-refractivity contribution is 6.32. The Bertz CT molecular complexity index is 1560. The van der Waals surface area contributed by atoms with E-state index in [4.69, 9.17) is 14.2 Å². The maximum atomic E-state index is 13.5. The fourth-order valence-electron chi connectivity index (χ4n) is 8.91. The second-order valence-electron chi connectivity index (χ2n) is 13.9. The number of rotatable bonds is 5. The van der Waals surface area contributed by atoms with Gasteiger partial charge in [-0.05, 0) is 72.3 Å². The van der Waals surface area contributed by atoms with Crippen LogP contribution >= 0.6 is 0 Å². The first-order valence-corrected chi connectivity index (χ1v) is 16.4. The van der Waals surface area contributed by atoms with Crippen molar-refractivity contribution in [3.63, 3.8) is 0 Å². The summed E-state index contributed by atoms with van der Waals surface area (Å²) in [5.41, 5.74) is 0.278. The summed E-state index contributed by atoms with van der Waals surface area (Å²) < 4.78 is 17.1. The minimum atomic E-state index is -1.31. The van der Waals surface area contributed by atoms with Gasteiger partial charge >= 0.3 is 17.8 Å². The van der Waals surface area contributed by atoms with Gasteiger partial charge in [-0.2, -0.15) is 0 Å². The average molecular weight is 632 g/mol. The number of cyclic esters (lactones) is 1. The number of allylic oxidation sites excluding steroid dienone is 1. The lowest BCUT2D eigenvalue weighted by molar-refractivity contribution is -0.185. The van der Waals surface area contributed by atoms with Crippen LogP contribution < -0.4 is 5.32 Å². The number of methoxy groups -OCH3 is 1. The van der Waals surface area contributed by atoms with Crippen molar-refractivity contribution in [2.75, 3.05) is 7.11 Å². The summed E-state index contributed by atoms with van der Waals surface area (Å²) in [6, 6.07) is 13.5. The summed E-state index contributed by atoms with van der Waals surface area (Å²) in [7, 11) is 1.43. The molecule has 0 saturated heterocycles. The van der Waals surface area contributed by atoms with E-state index in [-0.39, 0.29) is 36.6 Å². The quantitative estimate of drug-likeness (QED) is 0.256. The second-order valence-corrected chi connectivity index (χ2v) is 13.9. The molecule has 2 aromatic rings. The van der Waals surface area contributed by atoms with E-state index in [2.05, 4.69) is 18.3 Å². The third-order valence-electron chi connectivity index (χ3n) is 11.3. The van der Waals surface area contributed by atoms with Crippen LogP contribution in [0.3, 0.4) is 0 Å². The third-order valence-corrected chi connectivity index (χ3v) is 11.3. The Morgan fingerprint density at radius 3 is 2.61 bits per heavy atom. The number of carbonyl (C=O) groups is 3. The highest BCUT2D eigenvalue weighted by atomic mass is 16.6. The zero-order valence-corrected chi connectivity index (χ0v) is 27.1. The molecule has 2 aromatic carbocycles. The topological polar surface area (TPSA) is 131 Å². The van der Waals surface area contributed by atoms with Gasteiger partial charge in [-0.1, -0.05) is 74.5 Å². The number of esters is 2. The van der Waals surface area contributed by atoms with Crippen molar-refractivity contribution in [2.24, 2.45) is 41.4 Å². The van der Waals surface area contributed by atoms with Crippen molar-refractivity contribution in [3.8, 4) is 0 Å². The van der Waals surface area contributed by atoms with Crippen LogP contribution in [0.4, 0.5) is 0 Å². The monoisotopic (exact) mass is 631 g/mol. The Labute approximate surface area is 270 Å². The molecule has 6 rings (SSSR count). The van der Waals surface area contributed by atoms with Gasteiger partial charge in [-0.15, -0.1) is 0 Å². The van der Waals surface area contributed by atoms with E-state index in [0.717, 1.165) is 28.3 Å². The van der Waals surface area contributed by atoms with Gasteiger partial charge in [0.05, 0.1) is 11.7 Å². The Hall–Kier alpha value is -3.53. The predicted octanol–water partition coefficient (Wildman–Crippen LogP) is 4.10. The van der Waals surface area contributed by atoms with E-state index in [1.165, 1.54) is 7.11 Å². The van der Waals surface area contributed by atoms with Crippen molar-refractivity contribution in [1.82, 2.24) is 5.32 Å². The summed E-state index contributed by atoms with van der Waals surface area (Å²) in [4.78, 5) is 39.2. The molecular weight excluding hydrogens is 586 g/mol. The Balaban J connectivity index is 1.21. The molecule has 0 aromatic heterocycles. The van der Waals surface area contributed by atoms with Gasteiger partial charge in [0.2, 0.25) is 0 Å². The largest absolute Gasteiger partial charge is 0.456 e.